The van der Waals surface area contributed by atoms with Crippen molar-refractivity contribution in [2.75, 3.05) is 6.61 Å². The number of benzene rings is 2. The standard InChI is InChI=1S/C21H15F4NO/c22-15-4-5-16(17(23)7-15)20(12-27-20)21(24,25)19-9-18(10-19,11-19)14-3-1-2-13(6-14)8-26/h1-7H,9-12H2. The molecule has 0 N–H and O–H groups in total. The lowest BCUT2D eigenvalue weighted by Crippen LogP contribution is -2.74. The molecule has 1 unspecified atom stereocenters. The van der Waals surface area contributed by atoms with Crippen LogP contribution in [-0.2, 0) is 15.8 Å². The van der Waals surface area contributed by atoms with E-state index in [9.17, 15) is 8.78 Å². The van der Waals surface area contributed by atoms with Gasteiger partial charge in [0.1, 0.15) is 11.6 Å². The van der Waals surface area contributed by atoms with Crippen LogP contribution in [0, 0.1) is 28.4 Å². The quantitative estimate of drug-likeness (QED) is 0.569. The van der Waals surface area contributed by atoms with E-state index in [0.29, 0.717) is 11.6 Å². The second-order valence-corrected chi connectivity index (χ2v) is 8.10. The summed E-state index contributed by atoms with van der Waals surface area (Å²) < 4.78 is 63.5. The number of ether oxygens (including phenoxy) is 1. The van der Waals surface area contributed by atoms with Crippen LogP contribution in [0.15, 0.2) is 42.5 Å². The fourth-order valence-corrected chi connectivity index (χ4v) is 5.17. The summed E-state index contributed by atoms with van der Waals surface area (Å²) in [6, 6.07) is 11.8. The Morgan fingerprint density at radius 1 is 1.04 bits per heavy atom. The lowest BCUT2D eigenvalue weighted by Gasteiger charge is -2.73. The SMILES string of the molecule is N#Cc1cccc(C23CC(C(F)(F)C4(c5ccc(F)cc5F)CO4)(C2)C3)c1. The average molecular weight is 373 g/mol. The smallest absolute Gasteiger partial charge is 0.288 e. The molecule has 1 saturated heterocycles. The van der Waals surface area contributed by atoms with E-state index in [4.69, 9.17) is 10.00 Å². The molecule has 1 heterocycles. The van der Waals surface area contributed by atoms with Crippen LogP contribution in [0.25, 0.3) is 0 Å². The highest BCUT2D eigenvalue weighted by molar-refractivity contribution is 5.46. The molecule has 3 aliphatic carbocycles. The Hall–Kier alpha value is -2.39. The second-order valence-electron chi connectivity index (χ2n) is 8.10. The Morgan fingerprint density at radius 2 is 1.74 bits per heavy atom. The van der Waals surface area contributed by atoms with E-state index in [1.54, 1.807) is 18.2 Å². The molecule has 3 saturated carbocycles. The summed E-state index contributed by atoms with van der Waals surface area (Å²) in [6.45, 7) is -0.277. The average Bonchev–Trinajstić information content (AvgIpc) is 3.34. The van der Waals surface area contributed by atoms with Gasteiger partial charge in [-0.25, -0.2) is 17.6 Å². The minimum Gasteiger partial charge on any atom is -0.358 e. The molecule has 1 atom stereocenters. The van der Waals surface area contributed by atoms with E-state index in [2.05, 4.69) is 6.07 Å². The van der Waals surface area contributed by atoms with Crippen LogP contribution in [-0.4, -0.2) is 12.5 Å². The second kappa shape index (κ2) is 4.90. The lowest BCUT2D eigenvalue weighted by molar-refractivity contribution is -0.306. The predicted octanol–water partition coefficient (Wildman–Crippen LogP) is 4.82. The molecular formula is C21H15F4NO. The van der Waals surface area contributed by atoms with E-state index < -0.39 is 28.6 Å². The molecule has 0 radical (unpaired) electrons. The number of hydrogen-bond donors (Lipinski definition) is 0. The van der Waals surface area contributed by atoms with Crippen LogP contribution in [0.4, 0.5) is 17.6 Å². The van der Waals surface area contributed by atoms with E-state index in [0.717, 1.165) is 17.7 Å². The summed E-state index contributed by atoms with van der Waals surface area (Å²) in [5, 5.41) is 9.05. The third-order valence-electron chi connectivity index (χ3n) is 6.61. The molecule has 0 spiro atoms. The molecule has 4 fully saturated rings. The first-order valence-electron chi connectivity index (χ1n) is 8.76. The monoisotopic (exact) mass is 373 g/mol. The van der Waals surface area contributed by atoms with Gasteiger partial charge in [-0.1, -0.05) is 12.1 Å². The topological polar surface area (TPSA) is 36.3 Å². The zero-order chi connectivity index (χ0) is 19.1. The third kappa shape index (κ3) is 1.93. The molecule has 2 aromatic rings. The molecule has 6 heteroatoms. The summed E-state index contributed by atoms with van der Waals surface area (Å²) >= 11 is 0. The molecule has 4 aliphatic rings. The maximum absolute atomic E-state index is 15.5. The minimum absolute atomic E-state index is 0.274. The molecule has 2 nitrogen and oxygen atoms in total. The first kappa shape index (κ1) is 16.8. The fraction of sp³-hybridized carbons (Fsp3) is 0.381. The number of alkyl halides is 2. The van der Waals surface area contributed by atoms with Crippen LogP contribution < -0.4 is 0 Å². The first-order chi connectivity index (χ1) is 12.8. The van der Waals surface area contributed by atoms with Gasteiger partial charge in [0.2, 0.25) is 0 Å². The predicted molar refractivity (Wildman–Crippen MR) is 88.1 cm³/mol. The summed E-state index contributed by atoms with van der Waals surface area (Å²) in [7, 11) is 0. The highest BCUT2D eigenvalue weighted by atomic mass is 19.3. The fourth-order valence-electron chi connectivity index (χ4n) is 5.17. The molecule has 0 amide bonds. The van der Waals surface area contributed by atoms with Gasteiger partial charge in [-0.05, 0) is 54.5 Å². The summed E-state index contributed by atoms with van der Waals surface area (Å²) in [6.07, 6.45) is 0.821. The molecule has 2 bridgehead atoms. The number of nitrogens with zero attached hydrogens (tertiary/aromatic N) is 1. The third-order valence-corrected chi connectivity index (χ3v) is 6.61. The maximum Gasteiger partial charge on any atom is 0.288 e. The lowest BCUT2D eigenvalue weighted by atomic mass is 9.31. The van der Waals surface area contributed by atoms with Crippen LogP contribution in [0.5, 0.6) is 0 Å². The van der Waals surface area contributed by atoms with Crippen molar-refractivity contribution in [3.05, 3.63) is 70.8 Å². The molecule has 0 aromatic heterocycles. The molecule has 138 valence electrons. The number of epoxide rings is 1. The van der Waals surface area contributed by atoms with Gasteiger partial charge in [-0.15, -0.1) is 0 Å². The van der Waals surface area contributed by atoms with Crippen LogP contribution in [0.1, 0.15) is 36.0 Å². The Morgan fingerprint density at radius 3 is 2.33 bits per heavy atom. The Labute approximate surface area is 153 Å². The molecular weight excluding hydrogens is 358 g/mol. The van der Waals surface area contributed by atoms with Gasteiger partial charge in [-0.2, -0.15) is 5.26 Å². The van der Waals surface area contributed by atoms with Crippen molar-refractivity contribution in [2.45, 2.75) is 36.2 Å². The molecule has 2 aromatic carbocycles. The van der Waals surface area contributed by atoms with Gasteiger partial charge in [0.05, 0.1) is 18.2 Å². The van der Waals surface area contributed by atoms with Gasteiger partial charge in [-0.3, -0.25) is 0 Å². The molecule has 6 rings (SSSR count). The van der Waals surface area contributed by atoms with Crippen molar-refractivity contribution in [2.24, 2.45) is 5.41 Å². The van der Waals surface area contributed by atoms with E-state index in [1.807, 2.05) is 6.07 Å². The van der Waals surface area contributed by atoms with Gasteiger partial charge in [0, 0.05) is 17.0 Å². The van der Waals surface area contributed by atoms with E-state index in [-0.39, 0.29) is 36.8 Å². The van der Waals surface area contributed by atoms with Crippen LogP contribution in [0.2, 0.25) is 0 Å². The zero-order valence-corrected chi connectivity index (χ0v) is 14.2. The van der Waals surface area contributed by atoms with Crippen molar-refractivity contribution in [1.29, 1.82) is 5.26 Å². The van der Waals surface area contributed by atoms with E-state index >= 15 is 8.78 Å². The number of halogens is 4. The van der Waals surface area contributed by atoms with Crippen molar-refractivity contribution in [3.8, 4) is 6.07 Å². The van der Waals surface area contributed by atoms with Gasteiger partial charge in [0.25, 0.3) is 5.92 Å². The van der Waals surface area contributed by atoms with Crippen molar-refractivity contribution in [3.63, 3.8) is 0 Å². The van der Waals surface area contributed by atoms with Crippen LogP contribution in [0.3, 0.4) is 0 Å². The Kier molecular flexibility index (Phi) is 3.04. The number of nitriles is 1. The van der Waals surface area contributed by atoms with Crippen molar-refractivity contribution in [1.82, 2.24) is 0 Å². The summed E-state index contributed by atoms with van der Waals surface area (Å²) in [4.78, 5) is 0. The van der Waals surface area contributed by atoms with Crippen molar-refractivity contribution >= 4 is 0 Å². The van der Waals surface area contributed by atoms with Crippen LogP contribution >= 0.6 is 0 Å². The number of rotatable bonds is 4. The van der Waals surface area contributed by atoms with Gasteiger partial charge < -0.3 is 4.74 Å². The highest BCUT2D eigenvalue weighted by Gasteiger charge is 2.85. The summed E-state index contributed by atoms with van der Waals surface area (Å²) in [5.41, 5.74) is -2.46. The van der Waals surface area contributed by atoms with Gasteiger partial charge in [0.15, 0.2) is 5.60 Å². The van der Waals surface area contributed by atoms with Gasteiger partial charge >= 0.3 is 0 Å². The first-order valence-corrected chi connectivity index (χ1v) is 8.76. The van der Waals surface area contributed by atoms with Crippen molar-refractivity contribution < 1.29 is 22.3 Å². The normalized spacial score (nSPS) is 33.6. The Bertz CT molecular complexity index is 986. The minimum atomic E-state index is -3.26. The highest BCUT2D eigenvalue weighted by Crippen LogP contribution is 2.81. The van der Waals surface area contributed by atoms with E-state index in [1.165, 1.54) is 0 Å². The largest absolute Gasteiger partial charge is 0.358 e. The summed E-state index contributed by atoms with van der Waals surface area (Å²) in [5.74, 6) is -5.07. The Balaban J connectivity index is 1.44. The maximum atomic E-state index is 15.5. The molecule has 27 heavy (non-hydrogen) atoms. The number of hydrogen-bond acceptors (Lipinski definition) is 2. The molecule has 1 aliphatic heterocycles. The zero-order valence-electron chi connectivity index (χ0n) is 14.2.